The van der Waals surface area contributed by atoms with Gasteiger partial charge < -0.3 is 4.74 Å². The van der Waals surface area contributed by atoms with Crippen LogP contribution in [0.3, 0.4) is 0 Å². The summed E-state index contributed by atoms with van der Waals surface area (Å²) in [7, 11) is 3.73. The van der Waals surface area contributed by atoms with Crippen LogP contribution in [0.4, 0.5) is 0 Å². The van der Waals surface area contributed by atoms with Crippen molar-refractivity contribution in [3.63, 3.8) is 0 Å². The van der Waals surface area contributed by atoms with E-state index in [0.717, 1.165) is 5.94 Å². The molecule has 0 aliphatic heterocycles. The Balaban J connectivity index is 2.80. The largest absolute Gasteiger partial charge is 0.367 e. The Hall–Kier alpha value is 0.660. The van der Waals surface area contributed by atoms with Gasteiger partial charge in [-0.05, 0) is 20.3 Å². The lowest BCUT2D eigenvalue weighted by Crippen LogP contribution is -2.00. The maximum Gasteiger partial charge on any atom is 0.102 e. The van der Waals surface area contributed by atoms with Gasteiger partial charge in [-0.1, -0.05) is 34.9 Å². The Morgan fingerprint density at radius 1 is 1.27 bits per heavy atom. The molecule has 0 aliphatic rings. The van der Waals surface area contributed by atoms with Gasteiger partial charge in [0, 0.05) is 5.75 Å². The van der Waals surface area contributed by atoms with Gasteiger partial charge in [0.2, 0.25) is 0 Å². The predicted molar refractivity (Wildman–Crippen MR) is 56.0 cm³/mol. The highest BCUT2D eigenvalue weighted by Crippen LogP contribution is 2.22. The summed E-state index contributed by atoms with van der Waals surface area (Å²) in [6, 6.07) is 0. The number of hydrogen-bond donors (Lipinski definition) is 0. The Morgan fingerprint density at radius 2 is 2.00 bits per heavy atom. The Bertz CT molecular complexity index is 76.5. The zero-order valence-electron chi connectivity index (χ0n) is 7.63. The summed E-state index contributed by atoms with van der Waals surface area (Å²) in [5.41, 5.74) is 0. The van der Waals surface area contributed by atoms with Crippen LogP contribution in [0.2, 0.25) is 0 Å². The predicted octanol–water partition coefficient (Wildman–Crippen LogP) is 3.55. The van der Waals surface area contributed by atoms with E-state index in [1.54, 1.807) is 0 Å². The molecule has 0 N–H and O–H groups in total. The molecule has 0 aromatic heterocycles. The quantitative estimate of drug-likeness (QED) is 0.348. The molecule has 1 nitrogen and oxygen atoms in total. The van der Waals surface area contributed by atoms with E-state index in [1.807, 2.05) is 21.6 Å². The van der Waals surface area contributed by atoms with E-state index < -0.39 is 0 Å². The number of hydrogen-bond acceptors (Lipinski definition) is 3. The Labute approximate surface area is 78.1 Å². The highest BCUT2D eigenvalue weighted by molar-refractivity contribution is 8.76. The smallest absolute Gasteiger partial charge is 0.102 e. The van der Waals surface area contributed by atoms with E-state index in [-0.39, 0.29) is 0 Å². The number of unbranched alkanes of at least 4 members (excludes halogenated alkanes) is 1. The van der Waals surface area contributed by atoms with Gasteiger partial charge in [-0.15, -0.1) is 0 Å². The van der Waals surface area contributed by atoms with Crippen molar-refractivity contribution in [2.24, 2.45) is 0 Å². The van der Waals surface area contributed by atoms with Crippen molar-refractivity contribution in [1.29, 1.82) is 0 Å². The first-order valence-electron chi connectivity index (χ1n) is 4.13. The summed E-state index contributed by atoms with van der Waals surface area (Å²) in [6.07, 6.45) is 2.98. The molecule has 0 rings (SSSR count). The molecule has 0 radical (unpaired) electrons. The van der Waals surface area contributed by atoms with E-state index >= 15 is 0 Å². The minimum absolute atomic E-state index is 0.370. The maximum absolute atomic E-state index is 5.36. The lowest BCUT2D eigenvalue weighted by molar-refractivity contribution is 0.121. The van der Waals surface area contributed by atoms with E-state index in [0.29, 0.717) is 6.10 Å². The van der Waals surface area contributed by atoms with Crippen LogP contribution in [-0.4, -0.2) is 17.8 Å². The van der Waals surface area contributed by atoms with Crippen molar-refractivity contribution in [2.45, 2.75) is 39.7 Å². The van der Waals surface area contributed by atoms with Gasteiger partial charge >= 0.3 is 0 Å². The molecular formula is C8H18OS2. The van der Waals surface area contributed by atoms with Gasteiger partial charge in [0.25, 0.3) is 0 Å². The second-order valence-corrected chi connectivity index (χ2v) is 5.16. The zero-order chi connectivity index (χ0) is 8.53. The lowest BCUT2D eigenvalue weighted by Gasteiger charge is -2.05. The molecule has 0 atom stereocenters. The van der Waals surface area contributed by atoms with E-state index in [2.05, 4.69) is 20.8 Å². The lowest BCUT2D eigenvalue weighted by atomic mass is 10.4. The second kappa shape index (κ2) is 8.75. The average Bonchev–Trinajstić information content (AvgIpc) is 1.96. The summed E-state index contributed by atoms with van der Waals surface area (Å²) in [5, 5.41) is 0. The molecule has 0 bridgehead atoms. The van der Waals surface area contributed by atoms with Crippen molar-refractivity contribution >= 4 is 21.6 Å². The molecule has 0 aliphatic carbocycles. The molecule has 3 heteroatoms. The molecule has 0 aromatic carbocycles. The van der Waals surface area contributed by atoms with Crippen LogP contribution in [0.15, 0.2) is 0 Å². The number of rotatable bonds is 7. The minimum atomic E-state index is 0.370. The summed E-state index contributed by atoms with van der Waals surface area (Å²) in [4.78, 5) is 0. The van der Waals surface area contributed by atoms with Crippen molar-refractivity contribution in [1.82, 2.24) is 0 Å². The van der Waals surface area contributed by atoms with Crippen LogP contribution in [0.25, 0.3) is 0 Å². The van der Waals surface area contributed by atoms with Crippen molar-refractivity contribution in [3.8, 4) is 0 Å². The molecule has 0 spiro atoms. The molecule has 0 saturated heterocycles. The third-order valence-electron chi connectivity index (χ3n) is 1.11. The monoisotopic (exact) mass is 194 g/mol. The molecule has 0 unspecified atom stereocenters. The van der Waals surface area contributed by atoms with Crippen molar-refractivity contribution < 1.29 is 4.74 Å². The fourth-order valence-electron chi connectivity index (χ4n) is 0.460. The molecule has 0 fully saturated rings. The molecule has 0 aromatic rings. The van der Waals surface area contributed by atoms with Crippen molar-refractivity contribution in [3.05, 3.63) is 0 Å². The minimum Gasteiger partial charge on any atom is -0.367 e. The fraction of sp³-hybridized carbons (Fsp3) is 1.00. The van der Waals surface area contributed by atoms with Crippen LogP contribution in [0.1, 0.15) is 33.6 Å². The molecule has 11 heavy (non-hydrogen) atoms. The van der Waals surface area contributed by atoms with Gasteiger partial charge in [0.15, 0.2) is 0 Å². The topological polar surface area (TPSA) is 9.23 Å². The molecular weight excluding hydrogens is 176 g/mol. The summed E-state index contributed by atoms with van der Waals surface area (Å²) in [6.45, 7) is 6.35. The van der Waals surface area contributed by atoms with Crippen LogP contribution in [-0.2, 0) is 4.74 Å². The van der Waals surface area contributed by atoms with E-state index in [1.165, 1.54) is 18.6 Å². The summed E-state index contributed by atoms with van der Waals surface area (Å²) < 4.78 is 5.36. The standard InChI is InChI=1S/C8H18OS2/c1-4-5-6-10-11-7-9-8(2)3/h8H,4-7H2,1-3H3. The molecule has 0 saturated carbocycles. The highest BCUT2D eigenvalue weighted by atomic mass is 33.1. The first kappa shape index (κ1) is 11.7. The molecule has 0 amide bonds. The van der Waals surface area contributed by atoms with Crippen LogP contribution in [0, 0.1) is 0 Å². The Kier molecular flexibility index (Phi) is 9.28. The molecule has 68 valence electrons. The van der Waals surface area contributed by atoms with Gasteiger partial charge in [0.1, 0.15) is 5.94 Å². The summed E-state index contributed by atoms with van der Waals surface area (Å²) >= 11 is 0. The highest BCUT2D eigenvalue weighted by Gasteiger charge is 1.93. The SMILES string of the molecule is CCCCSSCOC(C)C. The van der Waals surface area contributed by atoms with Crippen LogP contribution in [0.5, 0.6) is 0 Å². The van der Waals surface area contributed by atoms with Crippen molar-refractivity contribution in [2.75, 3.05) is 11.7 Å². The first-order chi connectivity index (χ1) is 5.27. The summed E-state index contributed by atoms with van der Waals surface area (Å²) in [5.74, 6) is 2.08. The van der Waals surface area contributed by atoms with Gasteiger partial charge in [-0.25, -0.2) is 0 Å². The second-order valence-electron chi connectivity index (χ2n) is 2.63. The van der Waals surface area contributed by atoms with Gasteiger partial charge in [-0.3, -0.25) is 0 Å². The fourth-order valence-corrected chi connectivity index (χ4v) is 2.46. The zero-order valence-corrected chi connectivity index (χ0v) is 9.26. The average molecular weight is 194 g/mol. The van der Waals surface area contributed by atoms with E-state index in [4.69, 9.17) is 4.74 Å². The third-order valence-corrected chi connectivity index (χ3v) is 3.26. The third kappa shape index (κ3) is 10.7. The first-order valence-corrected chi connectivity index (χ1v) is 6.62. The normalized spacial score (nSPS) is 10.9. The van der Waals surface area contributed by atoms with Crippen LogP contribution < -0.4 is 0 Å². The maximum atomic E-state index is 5.36. The molecule has 0 heterocycles. The van der Waals surface area contributed by atoms with Gasteiger partial charge in [-0.2, -0.15) is 0 Å². The van der Waals surface area contributed by atoms with E-state index in [9.17, 15) is 0 Å². The number of ether oxygens (including phenoxy) is 1. The van der Waals surface area contributed by atoms with Gasteiger partial charge in [0.05, 0.1) is 6.10 Å². The Morgan fingerprint density at radius 3 is 2.55 bits per heavy atom. The van der Waals surface area contributed by atoms with Crippen LogP contribution >= 0.6 is 21.6 Å².